The highest BCUT2D eigenvalue weighted by atomic mass is 19.1. The first kappa shape index (κ1) is 15.7. The molecule has 0 atom stereocenters. The van der Waals surface area contributed by atoms with Crippen molar-refractivity contribution in [2.24, 2.45) is 0 Å². The number of esters is 1. The summed E-state index contributed by atoms with van der Waals surface area (Å²) in [5, 5.41) is 3.78. The zero-order chi connectivity index (χ0) is 16.9. The van der Waals surface area contributed by atoms with Gasteiger partial charge in [0.2, 0.25) is 5.82 Å². The molecule has 7 heteroatoms. The SMILES string of the molecule is COc1ccccc1C(=O)OCc1nc(-c2ccc(F)cc2)no1. The van der Waals surface area contributed by atoms with E-state index < -0.39 is 5.97 Å². The van der Waals surface area contributed by atoms with Crippen LogP contribution in [0.1, 0.15) is 16.2 Å². The molecule has 0 radical (unpaired) electrons. The Morgan fingerprint density at radius 3 is 2.67 bits per heavy atom. The number of para-hydroxylation sites is 1. The normalized spacial score (nSPS) is 10.4. The largest absolute Gasteiger partial charge is 0.496 e. The van der Waals surface area contributed by atoms with Gasteiger partial charge in [-0.1, -0.05) is 17.3 Å². The first-order valence-corrected chi connectivity index (χ1v) is 7.06. The molecule has 122 valence electrons. The van der Waals surface area contributed by atoms with Crippen LogP contribution in [0.25, 0.3) is 11.4 Å². The number of rotatable bonds is 5. The minimum atomic E-state index is -0.561. The van der Waals surface area contributed by atoms with E-state index in [9.17, 15) is 9.18 Å². The van der Waals surface area contributed by atoms with Crippen molar-refractivity contribution in [1.82, 2.24) is 10.1 Å². The summed E-state index contributed by atoms with van der Waals surface area (Å²) >= 11 is 0. The number of hydrogen-bond donors (Lipinski definition) is 0. The highest BCUT2D eigenvalue weighted by Crippen LogP contribution is 2.20. The van der Waals surface area contributed by atoms with Gasteiger partial charge in [-0.25, -0.2) is 9.18 Å². The topological polar surface area (TPSA) is 74.5 Å². The molecule has 3 rings (SSSR count). The first-order chi connectivity index (χ1) is 11.7. The quantitative estimate of drug-likeness (QED) is 0.669. The molecule has 0 saturated carbocycles. The number of aromatic nitrogens is 2. The van der Waals surface area contributed by atoms with Crippen LogP contribution in [0, 0.1) is 5.82 Å². The fourth-order valence-corrected chi connectivity index (χ4v) is 2.05. The molecule has 1 heterocycles. The van der Waals surface area contributed by atoms with E-state index in [2.05, 4.69) is 10.1 Å². The number of halogens is 1. The number of carbonyl (C=O) groups excluding carboxylic acids is 1. The molecule has 0 fully saturated rings. The Morgan fingerprint density at radius 2 is 1.92 bits per heavy atom. The molecule has 0 aliphatic heterocycles. The fraction of sp³-hybridized carbons (Fsp3) is 0.118. The minimum absolute atomic E-state index is 0.137. The van der Waals surface area contributed by atoms with Crippen molar-refractivity contribution in [3.05, 3.63) is 65.8 Å². The predicted octanol–water partition coefficient (Wildman–Crippen LogP) is 3.24. The monoisotopic (exact) mass is 328 g/mol. The van der Waals surface area contributed by atoms with E-state index in [1.165, 1.54) is 31.4 Å². The highest BCUT2D eigenvalue weighted by molar-refractivity contribution is 5.92. The molecule has 0 N–H and O–H groups in total. The van der Waals surface area contributed by atoms with Crippen LogP contribution in [0.3, 0.4) is 0 Å². The van der Waals surface area contributed by atoms with Gasteiger partial charge >= 0.3 is 5.97 Å². The lowest BCUT2D eigenvalue weighted by Crippen LogP contribution is -2.07. The summed E-state index contributed by atoms with van der Waals surface area (Å²) in [7, 11) is 1.47. The number of carbonyl (C=O) groups is 1. The summed E-state index contributed by atoms with van der Waals surface area (Å²) in [6.07, 6.45) is 0. The lowest BCUT2D eigenvalue weighted by Gasteiger charge is -2.06. The molecule has 0 bridgehead atoms. The van der Waals surface area contributed by atoms with Crippen LogP contribution in [-0.2, 0) is 11.3 Å². The van der Waals surface area contributed by atoms with Crippen LogP contribution in [0.4, 0.5) is 4.39 Å². The van der Waals surface area contributed by atoms with Gasteiger partial charge in [0.1, 0.15) is 17.1 Å². The average Bonchev–Trinajstić information content (AvgIpc) is 3.09. The Labute approximate surface area is 136 Å². The Kier molecular flexibility index (Phi) is 4.51. The second-order valence-corrected chi connectivity index (χ2v) is 4.80. The standard InChI is InChI=1S/C17H13FN2O4/c1-22-14-5-3-2-4-13(14)17(21)23-10-15-19-16(20-24-15)11-6-8-12(18)9-7-11/h2-9H,10H2,1H3. The van der Waals surface area contributed by atoms with Crippen LogP contribution < -0.4 is 4.74 Å². The molecule has 0 aliphatic carbocycles. The van der Waals surface area contributed by atoms with Crippen molar-refractivity contribution in [2.75, 3.05) is 7.11 Å². The van der Waals surface area contributed by atoms with E-state index >= 15 is 0 Å². The van der Waals surface area contributed by atoms with Crippen molar-refractivity contribution in [3.8, 4) is 17.1 Å². The summed E-state index contributed by atoms with van der Waals surface area (Å²) < 4.78 is 28.2. The summed E-state index contributed by atoms with van der Waals surface area (Å²) in [6, 6.07) is 12.4. The van der Waals surface area contributed by atoms with Crippen LogP contribution in [0.2, 0.25) is 0 Å². The Bertz CT molecular complexity index is 846. The van der Waals surface area contributed by atoms with Gasteiger partial charge in [0.25, 0.3) is 5.89 Å². The molecule has 0 saturated heterocycles. The van der Waals surface area contributed by atoms with E-state index in [1.54, 1.807) is 24.3 Å². The zero-order valence-electron chi connectivity index (χ0n) is 12.7. The second kappa shape index (κ2) is 6.91. The zero-order valence-corrected chi connectivity index (χ0v) is 12.7. The van der Waals surface area contributed by atoms with E-state index in [-0.39, 0.29) is 18.3 Å². The molecule has 2 aromatic carbocycles. The predicted molar refractivity (Wildman–Crippen MR) is 81.8 cm³/mol. The lowest BCUT2D eigenvalue weighted by atomic mass is 10.2. The van der Waals surface area contributed by atoms with Crippen molar-refractivity contribution < 1.29 is 23.2 Å². The van der Waals surface area contributed by atoms with Gasteiger partial charge in [0.05, 0.1) is 7.11 Å². The fourth-order valence-electron chi connectivity index (χ4n) is 2.05. The lowest BCUT2D eigenvalue weighted by molar-refractivity contribution is 0.0426. The van der Waals surface area contributed by atoms with E-state index in [0.29, 0.717) is 22.7 Å². The van der Waals surface area contributed by atoms with Gasteiger partial charge < -0.3 is 14.0 Å². The summed E-state index contributed by atoms with van der Waals surface area (Å²) in [4.78, 5) is 16.2. The van der Waals surface area contributed by atoms with Crippen molar-refractivity contribution in [3.63, 3.8) is 0 Å². The van der Waals surface area contributed by atoms with Crippen molar-refractivity contribution >= 4 is 5.97 Å². The summed E-state index contributed by atoms with van der Waals surface area (Å²) in [6.45, 7) is -0.176. The Hall–Kier alpha value is -3.22. The van der Waals surface area contributed by atoms with E-state index in [1.807, 2.05) is 0 Å². The van der Waals surface area contributed by atoms with Crippen LogP contribution in [0.15, 0.2) is 53.1 Å². The maximum absolute atomic E-state index is 12.9. The van der Waals surface area contributed by atoms with Crippen LogP contribution in [0.5, 0.6) is 5.75 Å². The maximum atomic E-state index is 12.9. The van der Waals surface area contributed by atoms with Gasteiger partial charge in [-0.2, -0.15) is 4.98 Å². The molecular weight excluding hydrogens is 315 g/mol. The van der Waals surface area contributed by atoms with Crippen molar-refractivity contribution in [2.45, 2.75) is 6.61 Å². The molecule has 0 amide bonds. The number of benzene rings is 2. The van der Waals surface area contributed by atoms with Gasteiger partial charge in [-0.15, -0.1) is 0 Å². The molecule has 6 nitrogen and oxygen atoms in total. The molecule has 24 heavy (non-hydrogen) atoms. The Balaban J connectivity index is 1.67. The molecule has 3 aromatic rings. The Morgan fingerprint density at radius 1 is 1.17 bits per heavy atom. The number of nitrogens with zero attached hydrogens (tertiary/aromatic N) is 2. The summed E-state index contributed by atoms with van der Waals surface area (Å²) in [5.41, 5.74) is 0.903. The molecular formula is C17H13FN2O4. The third-order valence-corrected chi connectivity index (χ3v) is 3.22. The van der Waals surface area contributed by atoms with Crippen LogP contribution >= 0.6 is 0 Å². The van der Waals surface area contributed by atoms with Gasteiger partial charge in [-0.05, 0) is 36.4 Å². The van der Waals surface area contributed by atoms with Crippen LogP contribution in [-0.4, -0.2) is 23.2 Å². The number of hydrogen-bond acceptors (Lipinski definition) is 6. The summed E-state index contributed by atoms with van der Waals surface area (Å²) in [5.74, 6) is -0.0712. The third-order valence-electron chi connectivity index (χ3n) is 3.22. The third kappa shape index (κ3) is 3.40. The second-order valence-electron chi connectivity index (χ2n) is 4.80. The van der Waals surface area contributed by atoms with Gasteiger partial charge in [-0.3, -0.25) is 0 Å². The smallest absolute Gasteiger partial charge is 0.342 e. The minimum Gasteiger partial charge on any atom is -0.496 e. The molecule has 0 spiro atoms. The van der Waals surface area contributed by atoms with Crippen molar-refractivity contribution in [1.29, 1.82) is 0 Å². The maximum Gasteiger partial charge on any atom is 0.342 e. The number of ether oxygens (including phenoxy) is 2. The first-order valence-electron chi connectivity index (χ1n) is 7.06. The highest BCUT2D eigenvalue weighted by Gasteiger charge is 2.15. The molecule has 0 aliphatic rings. The average molecular weight is 328 g/mol. The van der Waals surface area contributed by atoms with Gasteiger partial charge in [0.15, 0.2) is 6.61 Å². The van der Waals surface area contributed by atoms with E-state index in [0.717, 1.165) is 0 Å². The molecule has 1 aromatic heterocycles. The number of methoxy groups -OCH3 is 1. The molecule has 0 unspecified atom stereocenters. The van der Waals surface area contributed by atoms with E-state index in [4.69, 9.17) is 14.0 Å². The van der Waals surface area contributed by atoms with Gasteiger partial charge in [0, 0.05) is 5.56 Å².